The number of nitrogens with one attached hydrogen (secondary N) is 2. The third-order valence-electron chi connectivity index (χ3n) is 5.09. The lowest BCUT2D eigenvalue weighted by molar-refractivity contribution is -0.121. The van der Waals surface area contributed by atoms with E-state index in [1.54, 1.807) is 0 Å². The first-order valence-electron chi connectivity index (χ1n) is 9.73. The Morgan fingerprint density at radius 3 is 2.33 bits per heavy atom. The Balaban J connectivity index is 1.40. The number of piperazine rings is 1. The fraction of sp³-hybridized carbons (Fsp3) is 0.409. The van der Waals surface area contributed by atoms with E-state index in [2.05, 4.69) is 51.7 Å². The van der Waals surface area contributed by atoms with Crippen LogP contribution < -0.4 is 15.5 Å². The van der Waals surface area contributed by atoms with Crippen LogP contribution in [0, 0.1) is 0 Å². The molecule has 0 radical (unpaired) electrons. The maximum Gasteiger partial charge on any atom is 0.222 e. The molecular formula is C22H30N4O. The number of likely N-dealkylation sites (N-methyl/N-ethyl adjacent to an activating group) is 1. The lowest BCUT2D eigenvalue weighted by atomic mass is 10.1. The van der Waals surface area contributed by atoms with Gasteiger partial charge in [-0.1, -0.05) is 30.3 Å². The molecule has 2 N–H and O–H groups in total. The van der Waals surface area contributed by atoms with E-state index in [0.29, 0.717) is 13.0 Å². The first kappa shape index (κ1) is 19.2. The van der Waals surface area contributed by atoms with Gasteiger partial charge in [-0.15, -0.1) is 0 Å². The standard InChI is InChI=1S/C22H30N4O/c1-18(19-6-4-3-5-7-19)24-22(27)12-13-23-20-8-10-21(11-9-20)26-16-14-25(2)15-17-26/h3-11,18,23H,12-17H2,1-2H3,(H,24,27). The molecule has 1 aliphatic rings. The molecule has 1 aliphatic heterocycles. The molecule has 0 aromatic heterocycles. The van der Waals surface area contributed by atoms with Crippen LogP contribution in [0.5, 0.6) is 0 Å². The topological polar surface area (TPSA) is 47.6 Å². The molecule has 0 saturated carbocycles. The first-order chi connectivity index (χ1) is 13.1. The maximum atomic E-state index is 12.1. The van der Waals surface area contributed by atoms with E-state index < -0.39 is 0 Å². The zero-order chi connectivity index (χ0) is 19.1. The third-order valence-corrected chi connectivity index (χ3v) is 5.09. The predicted octanol–water partition coefficient (Wildman–Crippen LogP) is 3.12. The Labute approximate surface area is 162 Å². The molecule has 0 spiro atoms. The third kappa shape index (κ3) is 5.73. The zero-order valence-electron chi connectivity index (χ0n) is 16.3. The van der Waals surface area contributed by atoms with Crippen molar-refractivity contribution in [3.05, 3.63) is 60.2 Å². The Morgan fingerprint density at radius 1 is 1.00 bits per heavy atom. The number of hydrogen-bond acceptors (Lipinski definition) is 4. The molecule has 1 saturated heterocycles. The van der Waals surface area contributed by atoms with Crippen molar-refractivity contribution >= 4 is 17.3 Å². The van der Waals surface area contributed by atoms with Crippen LogP contribution >= 0.6 is 0 Å². The molecule has 2 aromatic rings. The Morgan fingerprint density at radius 2 is 1.67 bits per heavy atom. The average molecular weight is 367 g/mol. The highest BCUT2D eigenvalue weighted by molar-refractivity contribution is 5.77. The zero-order valence-corrected chi connectivity index (χ0v) is 16.3. The molecule has 1 atom stereocenters. The van der Waals surface area contributed by atoms with Gasteiger partial charge in [0, 0.05) is 50.5 Å². The summed E-state index contributed by atoms with van der Waals surface area (Å²) in [4.78, 5) is 16.9. The van der Waals surface area contributed by atoms with Crippen LogP contribution in [0.15, 0.2) is 54.6 Å². The summed E-state index contributed by atoms with van der Waals surface area (Å²) in [5, 5.41) is 6.39. The Hall–Kier alpha value is -2.53. The highest BCUT2D eigenvalue weighted by atomic mass is 16.1. The maximum absolute atomic E-state index is 12.1. The molecule has 5 nitrogen and oxygen atoms in total. The van der Waals surface area contributed by atoms with Crippen LogP contribution in [-0.2, 0) is 4.79 Å². The van der Waals surface area contributed by atoms with Gasteiger partial charge in [0.1, 0.15) is 0 Å². The van der Waals surface area contributed by atoms with Crippen LogP contribution in [0.4, 0.5) is 11.4 Å². The fourth-order valence-electron chi connectivity index (χ4n) is 3.31. The van der Waals surface area contributed by atoms with Crippen LogP contribution in [0.3, 0.4) is 0 Å². The van der Waals surface area contributed by atoms with Gasteiger partial charge in [-0.2, -0.15) is 0 Å². The van der Waals surface area contributed by atoms with E-state index >= 15 is 0 Å². The second-order valence-corrected chi connectivity index (χ2v) is 7.21. The number of carbonyl (C=O) groups excluding carboxylic acids is 1. The van der Waals surface area contributed by atoms with Gasteiger partial charge in [0.05, 0.1) is 6.04 Å². The molecule has 1 fully saturated rings. The molecule has 2 aromatic carbocycles. The van der Waals surface area contributed by atoms with E-state index in [1.807, 2.05) is 37.3 Å². The van der Waals surface area contributed by atoms with Crippen molar-refractivity contribution in [2.24, 2.45) is 0 Å². The van der Waals surface area contributed by atoms with Gasteiger partial charge in [0.15, 0.2) is 0 Å². The van der Waals surface area contributed by atoms with E-state index in [4.69, 9.17) is 0 Å². The monoisotopic (exact) mass is 366 g/mol. The summed E-state index contributed by atoms with van der Waals surface area (Å²) in [6.45, 7) is 7.00. The summed E-state index contributed by atoms with van der Waals surface area (Å²) in [6.07, 6.45) is 0.456. The number of anilines is 2. The average Bonchev–Trinajstić information content (AvgIpc) is 2.70. The van der Waals surface area contributed by atoms with E-state index in [9.17, 15) is 4.79 Å². The second-order valence-electron chi connectivity index (χ2n) is 7.21. The summed E-state index contributed by atoms with van der Waals surface area (Å²) in [7, 11) is 2.17. The minimum Gasteiger partial charge on any atom is -0.385 e. The van der Waals surface area contributed by atoms with Gasteiger partial charge in [0.25, 0.3) is 0 Å². The van der Waals surface area contributed by atoms with Gasteiger partial charge >= 0.3 is 0 Å². The minimum absolute atomic E-state index is 0.0292. The number of benzene rings is 2. The van der Waals surface area contributed by atoms with Crippen LogP contribution in [0.2, 0.25) is 0 Å². The smallest absolute Gasteiger partial charge is 0.222 e. The molecule has 1 unspecified atom stereocenters. The number of rotatable bonds is 7. The molecule has 144 valence electrons. The van der Waals surface area contributed by atoms with Crippen molar-refractivity contribution in [2.75, 3.05) is 50.0 Å². The molecule has 1 amide bonds. The van der Waals surface area contributed by atoms with Gasteiger partial charge < -0.3 is 20.4 Å². The second kappa shape index (κ2) is 9.42. The van der Waals surface area contributed by atoms with Crippen molar-refractivity contribution in [3.63, 3.8) is 0 Å². The van der Waals surface area contributed by atoms with Gasteiger partial charge in [-0.25, -0.2) is 0 Å². The molecule has 3 rings (SSSR count). The van der Waals surface area contributed by atoms with Crippen LogP contribution in [-0.4, -0.2) is 50.6 Å². The number of amides is 1. The van der Waals surface area contributed by atoms with Crippen molar-refractivity contribution in [2.45, 2.75) is 19.4 Å². The number of carbonyl (C=O) groups is 1. The first-order valence-corrected chi connectivity index (χ1v) is 9.73. The molecule has 0 bridgehead atoms. The normalized spacial score (nSPS) is 16.0. The molecule has 27 heavy (non-hydrogen) atoms. The van der Waals surface area contributed by atoms with Crippen molar-refractivity contribution in [3.8, 4) is 0 Å². The van der Waals surface area contributed by atoms with Gasteiger partial charge in [0.2, 0.25) is 5.91 Å². The van der Waals surface area contributed by atoms with E-state index in [1.165, 1.54) is 5.69 Å². The lowest BCUT2D eigenvalue weighted by Gasteiger charge is -2.34. The number of nitrogens with zero attached hydrogens (tertiary/aromatic N) is 2. The Kier molecular flexibility index (Phi) is 6.71. The summed E-state index contributed by atoms with van der Waals surface area (Å²) in [6, 6.07) is 18.6. The number of hydrogen-bond donors (Lipinski definition) is 2. The molecular weight excluding hydrogens is 336 g/mol. The molecule has 1 heterocycles. The van der Waals surface area contributed by atoms with E-state index in [-0.39, 0.29) is 11.9 Å². The van der Waals surface area contributed by atoms with Crippen LogP contribution in [0.1, 0.15) is 24.9 Å². The molecule has 5 heteroatoms. The minimum atomic E-state index is 0.0292. The van der Waals surface area contributed by atoms with Crippen LogP contribution in [0.25, 0.3) is 0 Å². The Bertz CT molecular complexity index is 709. The highest BCUT2D eigenvalue weighted by Crippen LogP contribution is 2.19. The summed E-state index contributed by atoms with van der Waals surface area (Å²) >= 11 is 0. The van der Waals surface area contributed by atoms with Crippen molar-refractivity contribution < 1.29 is 4.79 Å². The fourth-order valence-corrected chi connectivity index (χ4v) is 3.31. The quantitative estimate of drug-likeness (QED) is 0.790. The lowest BCUT2D eigenvalue weighted by Crippen LogP contribution is -2.44. The predicted molar refractivity (Wildman–Crippen MR) is 112 cm³/mol. The van der Waals surface area contributed by atoms with Gasteiger partial charge in [-0.3, -0.25) is 4.79 Å². The highest BCUT2D eigenvalue weighted by Gasteiger charge is 2.14. The SMILES string of the molecule is CC(NC(=O)CCNc1ccc(N2CCN(C)CC2)cc1)c1ccccc1. The summed E-state index contributed by atoms with van der Waals surface area (Å²) < 4.78 is 0. The van der Waals surface area contributed by atoms with Crippen molar-refractivity contribution in [1.29, 1.82) is 0 Å². The summed E-state index contributed by atoms with van der Waals surface area (Å²) in [5.41, 5.74) is 3.44. The van der Waals surface area contributed by atoms with E-state index in [0.717, 1.165) is 37.4 Å². The van der Waals surface area contributed by atoms with Crippen molar-refractivity contribution in [1.82, 2.24) is 10.2 Å². The summed E-state index contributed by atoms with van der Waals surface area (Å²) in [5.74, 6) is 0.0629. The molecule has 0 aliphatic carbocycles. The van der Waals surface area contributed by atoms with Gasteiger partial charge in [-0.05, 0) is 43.8 Å². The largest absolute Gasteiger partial charge is 0.385 e.